The van der Waals surface area contributed by atoms with E-state index in [1.807, 2.05) is 0 Å². The molecular weight excluding hydrogens is 188 g/mol. The molecule has 0 spiro atoms. The molecule has 2 N–H and O–H groups in total. The van der Waals surface area contributed by atoms with Crippen LogP contribution in [0, 0.1) is 5.92 Å². The Morgan fingerprint density at radius 3 is 2.93 bits per heavy atom. The highest BCUT2D eigenvalue weighted by Crippen LogP contribution is 2.26. The van der Waals surface area contributed by atoms with Crippen molar-refractivity contribution in [1.82, 2.24) is 10.6 Å². The van der Waals surface area contributed by atoms with E-state index < -0.39 is 0 Å². The summed E-state index contributed by atoms with van der Waals surface area (Å²) in [5.41, 5.74) is 2.74. The zero-order valence-electron chi connectivity index (χ0n) is 8.75. The van der Waals surface area contributed by atoms with Crippen molar-refractivity contribution in [2.45, 2.75) is 13.1 Å². The number of hydrogen-bond donors (Lipinski definition) is 2. The van der Waals surface area contributed by atoms with Crippen molar-refractivity contribution in [1.29, 1.82) is 0 Å². The third-order valence-corrected chi connectivity index (χ3v) is 3.19. The van der Waals surface area contributed by atoms with Crippen LogP contribution in [0.3, 0.4) is 0 Å². The molecule has 2 heterocycles. The van der Waals surface area contributed by atoms with Crippen molar-refractivity contribution in [3.8, 4) is 5.75 Å². The molecule has 0 aromatic heterocycles. The van der Waals surface area contributed by atoms with E-state index in [-0.39, 0.29) is 0 Å². The minimum absolute atomic E-state index is 0.704. The van der Waals surface area contributed by atoms with Crippen LogP contribution >= 0.6 is 0 Å². The van der Waals surface area contributed by atoms with Crippen molar-refractivity contribution in [2.75, 3.05) is 19.7 Å². The summed E-state index contributed by atoms with van der Waals surface area (Å²) in [6.45, 7) is 5.00. The van der Waals surface area contributed by atoms with Gasteiger partial charge >= 0.3 is 0 Å². The lowest BCUT2D eigenvalue weighted by molar-refractivity contribution is 0.198. The molecular formula is C12H16N2O. The van der Waals surface area contributed by atoms with Gasteiger partial charge in [0.25, 0.3) is 0 Å². The fourth-order valence-electron chi connectivity index (χ4n) is 2.11. The van der Waals surface area contributed by atoms with Crippen molar-refractivity contribution in [2.24, 2.45) is 5.92 Å². The molecule has 0 atom stereocenters. The number of benzene rings is 1. The number of fused-ring (bicyclic) bond motifs is 1. The Labute approximate surface area is 89.8 Å². The smallest absolute Gasteiger partial charge is 0.124 e. The van der Waals surface area contributed by atoms with E-state index in [9.17, 15) is 0 Å². The standard InChI is InChI=1S/C12H16N2O/c1-2-10-6-14-7-11(10)12(3-1)15-8-9-4-13-5-9/h1-3,9,13-14H,4-8H2. The van der Waals surface area contributed by atoms with Crippen LogP contribution in [-0.4, -0.2) is 19.7 Å². The second kappa shape index (κ2) is 3.83. The average Bonchev–Trinajstić information content (AvgIpc) is 2.63. The molecule has 0 amide bonds. The maximum absolute atomic E-state index is 5.87. The summed E-state index contributed by atoms with van der Waals surface area (Å²) in [6, 6.07) is 6.34. The summed E-state index contributed by atoms with van der Waals surface area (Å²) in [6.07, 6.45) is 0. The fraction of sp³-hybridized carbons (Fsp3) is 0.500. The van der Waals surface area contributed by atoms with Crippen LogP contribution in [0.25, 0.3) is 0 Å². The highest BCUT2D eigenvalue weighted by molar-refractivity contribution is 5.42. The molecule has 1 aromatic rings. The van der Waals surface area contributed by atoms with E-state index >= 15 is 0 Å². The van der Waals surface area contributed by atoms with Gasteiger partial charge in [-0.05, 0) is 11.6 Å². The molecule has 2 aliphatic heterocycles. The largest absolute Gasteiger partial charge is 0.493 e. The van der Waals surface area contributed by atoms with Gasteiger partial charge in [-0.1, -0.05) is 12.1 Å². The first-order chi connectivity index (χ1) is 7.43. The molecule has 3 nitrogen and oxygen atoms in total. The maximum atomic E-state index is 5.87. The molecule has 3 heteroatoms. The first kappa shape index (κ1) is 9.19. The Morgan fingerprint density at radius 2 is 2.13 bits per heavy atom. The van der Waals surface area contributed by atoms with Crippen LogP contribution in [0.4, 0.5) is 0 Å². The van der Waals surface area contributed by atoms with Gasteiger partial charge < -0.3 is 15.4 Å². The second-order valence-electron chi connectivity index (χ2n) is 4.33. The van der Waals surface area contributed by atoms with Crippen molar-refractivity contribution >= 4 is 0 Å². The molecule has 3 rings (SSSR count). The summed E-state index contributed by atoms with van der Waals surface area (Å²) in [4.78, 5) is 0. The number of hydrogen-bond acceptors (Lipinski definition) is 3. The third-order valence-electron chi connectivity index (χ3n) is 3.19. The third kappa shape index (κ3) is 1.73. The van der Waals surface area contributed by atoms with Gasteiger partial charge in [0.05, 0.1) is 6.61 Å². The van der Waals surface area contributed by atoms with Gasteiger partial charge in [-0.2, -0.15) is 0 Å². The topological polar surface area (TPSA) is 33.3 Å². The average molecular weight is 204 g/mol. The molecule has 1 aromatic carbocycles. The molecule has 0 saturated carbocycles. The number of nitrogens with one attached hydrogen (secondary N) is 2. The molecule has 0 radical (unpaired) electrons. The van der Waals surface area contributed by atoms with Gasteiger partial charge in [-0.3, -0.25) is 0 Å². The lowest BCUT2D eigenvalue weighted by Crippen LogP contribution is -2.45. The maximum Gasteiger partial charge on any atom is 0.124 e. The van der Waals surface area contributed by atoms with Gasteiger partial charge in [0.2, 0.25) is 0 Å². The van der Waals surface area contributed by atoms with Crippen LogP contribution in [0.2, 0.25) is 0 Å². The summed E-state index contributed by atoms with van der Waals surface area (Å²) < 4.78 is 5.87. The monoisotopic (exact) mass is 204 g/mol. The van der Waals surface area contributed by atoms with Gasteiger partial charge in [0.1, 0.15) is 5.75 Å². The Hall–Kier alpha value is -1.06. The van der Waals surface area contributed by atoms with E-state index in [0.717, 1.165) is 38.5 Å². The highest BCUT2D eigenvalue weighted by Gasteiger charge is 2.19. The summed E-state index contributed by atoms with van der Waals surface area (Å²) in [7, 11) is 0. The molecule has 80 valence electrons. The van der Waals surface area contributed by atoms with Crippen molar-refractivity contribution in [3.05, 3.63) is 29.3 Å². The van der Waals surface area contributed by atoms with E-state index in [2.05, 4.69) is 28.8 Å². The molecule has 2 aliphatic rings. The number of ether oxygens (including phenoxy) is 1. The molecule has 1 saturated heterocycles. The molecule has 0 bridgehead atoms. The van der Waals surface area contributed by atoms with Crippen LogP contribution in [-0.2, 0) is 13.1 Å². The first-order valence-corrected chi connectivity index (χ1v) is 5.58. The van der Waals surface area contributed by atoms with Crippen LogP contribution < -0.4 is 15.4 Å². The Bertz CT molecular complexity index is 361. The van der Waals surface area contributed by atoms with Gasteiger partial charge in [-0.25, -0.2) is 0 Å². The second-order valence-corrected chi connectivity index (χ2v) is 4.33. The molecule has 1 fully saturated rings. The van der Waals surface area contributed by atoms with E-state index in [4.69, 9.17) is 4.74 Å². The minimum Gasteiger partial charge on any atom is -0.493 e. The van der Waals surface area contributed by atoms with Gasteiger partial charge in [0.15, 0.2) is 0 Å². The Morgan fingerprint density at radius 1 is 1.20 bits per heavy atom. The predicted octanol–water partition coefficient (Wildman–Crippen LogP) is 0.888. The van der Waals surface area contributed by atoms with Gasteiger partial charge in [0, 0.05) is 37.7 Å². The zero-order chi connectivity index (χ0) is 10.1. The van der Waals surface area contributed by atoms with Crippen LogP contribution in [0.1, 0.15) is 11.1 Å². The Balaban J connectivity index is 1.71. The van der Waals surface area contributed by atoms with E-state index in [0.29, 0.717) is 5.92 Å². The fourth-order valence-corrected chi connectivity index (χ4v) is 2.11. The van der Waals surface area contributed by atoms with Gasteiger partial charge in [-0.15, -0.1) is 0 Å². The lowest BCUT2D eigenvalue weighted by Gasteiger charge is -2.27. The van der Waals surface area contributed by atoms with Crippen LogP contribution in [0.15, 0.2) is 18.2 Å². The van der Waals surface area contributed by atoms with Crippen molar-refractivity contribution < 1.29 is 4.74 Å². The normalized spacial score (nSPS) is 19.7. The predicted molar refractivity (Wildman–Crippen MR) is 58.8 cm³/mol. The first-order valence-electron chi connectivity index (χ1n) is 5.58. The molecule has 0 unspecified atom stereocenters. The minimum atomic E-state index is 0.704. The van der Waals surface area contributed by atoms with Crippen molar-refractivity contribution in [3.63, 3.8) is 0 Å². The lowest BCUT2D eigenvalue weighted by atomic mass is 10.1. The quantitative estimate of drug-likeness (QED) is 0.767. The molecule has 0 aliphatic carbocycles. The summed E-state index contributed by atoms with van der Waals surface area (Å²) >= 11 is 0. The Kier molecular flexibility index (Phi) is 2.35. The summed E-state index contributed by atoms with van der Waals surface area (Å²) in [5, 5.41) is 6.61. The van der Waals surface area contributed by atoms with Crippen LogP contribution in [0.5, 0.6) is 5.75 Å². The van der Waals surface area contributed by atoms with E-state index in [1.165, 1.54) is 11.1 Å². The number of rotatable bonds is 3. The molecule has 15 heavy (non-hydrogen) atoms. The zero-order valence-corrected chi connectivity index (χ0v) is 8.75. The SMILES string of the molecule is c1cc2c(c(OCC3CNC3)c1)CNC2. The highest BCUT2D eigenvalue weighted by atomic mass is 16.5. The van der Waals surface area contributed by atoms with E-state index in [1.54, 1.807) is 0 Å². The summed E-state index contributed by atoms with van der Waals surface area (Å²) in [5.74, 6) is 1.78.